The minimum Gasteiger partial charge on any atom is -0.362 e. The highest BCUT2D eigenvalue weighted by Crippen LogP contribution is 2.19. The molecule has 1 fully saturated rings. The standard InChI is InChI=1S/C10H18N2S/c1-2-5-9(6-3-1)12-10-11-7-4-8-13-10/h9H,1-8H2,(H,11,12). The van der Waals surface area contributed by atoms with Crippen molar-refractivity contribution in [1.82, 2.24) is 5.32 Å². The first kappa shape index (κ1) is 9.38. The molecule has 0 aromatic rings. The van der Waals surface area contributed by atoms with Gasteiger partial charge in [-0.15, -0.1) is 0 Å². The zero-order chi connectivity index (χ0) is 8.93. The number of thioether (sulfide) groups is 1. The van der Waals surface area contributed by atoms with Gasteiger partial charge in [0.2, 0.25) is 0 Å². The van der Waals surface area contributed by atoms with E-state index >= 15 is 0 Å². The van der Waals surface area contributed by atoms with Gasteiger partial charge in [-0.2, -0.15) is 0 Å². The van der Waals surface area contributed by atoms with Crippen molar-refractivity contribution in [2.75, 3.05) is 12.3 Å². The third-order valence-corrected chi connectivity index (χ3v) is 3.74. The Bertz CT molecular complexity index is 185. The van der Waals surface area contributed by atoms with E-state index in [4.69, 9.17) is 0 Å². The van der Waals surface area contributed by atoms with Gasteiger partial charge in [-0.05, 0) is 19.3 Å². The number of nitrogens with one attached hydrogen (secondary N) is 1. The lowest BCUT2D eigenvalue weighted by Crippen LogP contribution is -2.35. The van der Waals surface area contributed by atoms with Gasteiger partial charge < -0.3 is 5.32 Å². The predicted octanol–water partition coefficient (Wildman–Crippen LogP) is 2.40. The second kappa shape index (κ2) is 4.89. The molecule has 74 valence electrons. The van der Waals surface area contributed by atoms with Crippen molar-refractivity contribution in [3.05, 3.63) is 0 Å². The molecule has 1 heterocycles. The van der Waals surface area contributed by atoms with E-state index in [9.17, 15) is 0 Å². The fourth-order valence-corrected chi connectivity index (χ4v) is 2.87. The largest absolute Gasteiger partial charge is 0.362 e. The van der Waals surface area contributed by atoms with Crippen LogP contribution in [0.1, 0.15) is 38.5 Å². The summed E-state index contributed by atoms with van der Waals surface area (Å²) >= 11 is 1.90. The smallest absolute Gasteiger partial charge is 0.156 e. The lowest BCUT2D eigenvalue weighted by Gasteiger charge is -2.25. The van der Waals surface area contributed by atoms with Crippen LogP contribution in [0.5, 0.6) is 0 Å². The van der Waals surface area contributed by atoms with E-state index in [1.807, 2.05) is 11.8 Å². The SMILES string of the molecule is C1CCC(NC2=NCCCS2)CC1. The van der Waals surface area contributed by atoms with E-state index < -0.39 is 0 Å². The van der Waals surface area contributed by atoms with Crippen LogP contribution in [0.25, 0.3) is 0 Å². The first-order chi connectivity index (χ1) is 6.45. The Hall–Kier alpha value is -0.180. The predicted molar refractivity (Wildman–Crippen MR) is 59.4 cm³/mol. The summed E-state index contributed by atoms with van der Waals surface area (Å²) in [5.41, 5.74) is 0. The summed E-state index contributed by atoms with van der Waals surface area (Å²) in [5.74, 6) is 1.25. The molecule has 2 rings (SSSR count). The van der Waals surface area contributed by atoms with Gasteiger partial charge in [-0.1, -0.05) is 31.0 Å². The van der Waals surface area contributed by atoms with E-state index in [1.54, 1.807) is 0 Å². The lowest BCUT2D eigenvalue weighted by molar-refractivity contribution is 0.414. The molecule has 0 aromatic carbocycles. The molecule has 3 heteroatoms. The highest BCUT2D eigenvalue weighted by atomic mass is 32.2. The normalized spacial score (nSPS) is 25.4. The topological polar surface area (TPSA) is 24.4 Å². The van der Waals surface area contributed by atoms with Crippen LogP contribution < -0.4 is 5.32 Å². The molecule has 0 bridgehead atoms. The molecule has 0 saturated heterocycles. The van der Waals surface area contributed by atoms with Crippen LogP contribution in [0.15, 0.2) is 4.99 Å². The molecule has 0 radical (unpaired) electrons. The summed E-state index contributed by atoms with van der Waals surface area (Å²) in [5, 5.41) is 4.78. The van der Waals surface area contributed by atoms with Crippen LogP contribution in [-0.4, -0.2) is 23.5 Å². The number of amidine groups is 1. The molecule has 1 N–H and O–H groups in total. The van der Waals surface area contributed by atoms with E-state index in [-0.39, 0.29) is 0 Å². The highest BCUT2D eigenvalue weighted by molar-refractivity contribution is 8.13. The maximum atomic E-state index is 4.49. The summed E-state index contributed by atoms with van der Waals surface area (Å²) in [6.45, 7) is 1.03. The maximum Gasteiger partial charge on any atom is 0.156 e. The van der Waals surface area contributed by atoms with Crippen molar-refractivity contribution in [1.29, 1.82) is 0 Å². The van der Waals surface area contributed by atoms with Crippen molar-refractivity contribution in [2.45, 2.75) is 44.6 Å². The third-order valence-electron chi connectivity index (χ3n) is 2.73. The van der Waals surface area contributed by atoms with Gasteiger partial charge in [-0.3, -0.25) is 4.99 Å². The Morgan fingerprint density at radius 3 is 2.69 bits per heavy atom. The molecule has 0 atom stereocenters. The minimum absolute atomic E-state index is 0.720. The van der Waals surface area contributed by atoms with Gasteiger partial charge in [0.1, 0.15) is 0 Å². The number of hydrogen-bond donors (Lipinski definition) is 1. The molecule has 2 aliphatic rings. The molecule has 1 aliphatic heterocycles. The molecule has 0 unspecified atom stereocenters. The minimum atomic E-state index is 0.720. The van der Waals surface area contributed by atoms with Crippen LogP contribution in [0.2, 0.25) is 0 Å². The Labute approximate surface area is 84.6 Å². The Morgan fingerprint density at radius 2 is 2.00 bits per heavy atom. The number of aliphatic imine (C=N–C) groups is 1. The summed E-state index contributed by atoms with van der Waals surface area (Å²) in [4.78, 5) is 4.49. The van der Waals surface area contributed by atoms with Gasteiger partial charge in [0.15, 0.2) is 5.17 Å². The van der Waals surface area contributed by atoms with E-state index in [0.29, 0.717) is 0 Å². The van der Waals surface area contributed by atoms with Crippen LogP contribution in [0, 0.1) is 0 Å². The summed E-state index contributed by atoms with van der Waals surface area (Å²) in [6, 6.07) is 0.720. The van der Waals surface area contributed by atoms with Crippen LogP contribution in [0.4, 0.5) is 0 Å². The molecule has 0 spiro atoms. The summed E-state index contributed by atoms with van der Waals surface area (Å²) in [6.07, 6.45) is 8.17. The van der Waals surface area contributed by atoms with Gasteiger partial charge >= 0.3 is 0 Å². The van der Waals surface area contributed by atoms with Gasteiger partial charge in [0, 0.05) is 18.3 Å². The van der Waals surface area contributed by atoms with Crippen molar-refractivity contribution >= 4 is 16.9 Å². The highest BCUT2D eigenvalue weighted by Gasteiger charge is 2.15. The molecule has 1 saturated carbocycles. The molecular formula is C10H18N2S. The van der Waals surface area contributed by atoms with Crippen molar-refractivity contribution < 1.29 is 0 Å². The molecule has 2 nitrogen and oxygen atoms in total. The molecular weight excluding hydrogens is 180 g/mol. The quantitative estimate of drug-likeness (QED) is 0.699. The van der Waals surface area contributed by atoms with Crippen LogP contribution in [-0.2, 0) is 0 Å². The summed E-state index contributed by atoms with van der Waals surface area (Å²) < 4.78 is 0. The fourth-order valence-electron chi connectivity index (χ4n) is 1.97. The number of hydrogen-bond acceptors (Lipinski definition) is 3. The van der Waals surface area contributed by atoms with Crippen LogP contribution in [0.3, 0.4) is 0 Å². The Morgan fingerprint density at radius 1 is 1.15 bits per heavy atom. The van der Waals surface area contributed by atoms with E-state index in [2.05, 4.69) is 10.3 Å². The Balaban J connectivity index is 1.78. The monoisotopic (exact) mass is 198 g/mol. The van der Waals surface area contributed by atoms with Gasteiger partial charge in [-0.25, -0.2) is 0 Å². The first-order valence-corrected chi connectivity index (χ1v) is 6.37. The van der Waals surface area contributed by atoms with Crippen LogP contribution >= 0.6 is 11.8 Å². The van der Waals surface area contributed by atoms with E-state index in [1.165, 1.54) is 49.4 Å². The first-order valence-electron chi connectivity index (χ1n) is 5.39. The fraction of sp³-hybridized carbons (Fsp3) is 0.900. The average molecular weight is 198 g/mol. The average Bonchev–Trinajstić information content (AvgIpc) is 2.21. The molecule has 13 heavy (non-hydrogen) atoms. The lowest BCUT2D eigenvalue weighted by atomic mass is 9.96. The van der Waals surface area contributed by atoms with Crippen molar-refractivity contribution in [2.24, 2.45) is 4.99 Å². The zero-order valence-corrected chi connectivity index (χ0v) is 8.91. The Kier molecular flexibility index (Phi) is 3.53. The van der Waals surface area contributed by atoms with Crippen molar-refractivity contribution in [3.8, 4) is 0 Å². The third kappa shape index (κ3) is 2.90. The molecule has 0 aromatic heterocycles. The second-order valence-corrected chi connectivity index (χ2v) is 4.95. The second-order valence-electron chi connectivity index (χ2n) is 3.87. The molecule has 1 aliphatic carbocycles. The van der Waals surface area contributed by atoms with Gasteiger partial charge in [0.25, 0.3) is 0 Å². The zero-order valence-electron chi connectivity index (χ0n) is 8.09. The summed E-state index contributed by atoms with van der Waals surface area (Å²) in [7, 11) is 0. The van der Waals surface area contributed by atoms with E-state index in [0.717, 1.165) is 12.6 Å². The number of nitrogens with zero attached hydrogens (tertiary/aromatic N) is 1. The molecule has 0 amide bonds. The van der Waals surface area contributed by atoms with Crippen molar-refractivity contribution in [3.63, 3.8) is 0 Å². The van der Waals surface area contributed by atoms with Gasteiger partial charge in [0.05, 0.1) is 0 Å². The number of rotatable bonds is 1. The maximum absolute atomic E-state index is 4.49.